The quantitative estimate of drug-likeness (QED) is 0.479. The lowest BCUT2D eigenvalue weighted by Crippen LogP contribution is -2.31. The molecular weight excluding hydrogens is 432 g/mol. The van der Waals surface area contributed by atoms with Crippen LogP contribution in [-0.2, 0) is 6.54 Å². The van der Waals surface area contributed by atoms with Crippen LogP contribution in [0.15, 0.2) is 36.9 Å². The van der Waals surface area contributed by atoms with Gasteiger partial charge in [0.05, 0.1) is 30.0 Å². The van der Waals surface area contributed by atoms with Crippen molar-refractivity contribution in [1.29, 1.82) is 0 Å². The average molecular weight is 453 g/mol. The molecule has 0 radical (unpaired) electrons. The Bertz CT molecular complexity index is 869. The fourth-order valence-electron chi connectivity index (χ4n) is 3.60. The molecule has 2 unspecified atom stereocenters. The summed E-state index contributed by atoms with van der Waals surface area (Å²) in [5.41, 5.74) is 3.55. The summed E-state index contributed by atoms with van der Waals surface area (Å²) >= 11 is 2.33. The maximum atomic E-state index is 4.67. The van der Waals surface area contributed by atoms with Crippen LogP contribution in [0, 0.1) is 5.92 Å². The van der Waals surface area contributed by atoms with Gasteiger partial charge in [0.25, 0.3) is 0 Å². The van der Waals surface area contributed by atoms with Crippen molar-refractivity contribution in [2.45, 2.75) is 32.4 Å². The number of nitrogens with one attached hydrogen (secondary N) is 1. The van der Waals surface area contributed by atoms with Crippen molar-refractivity contribution in [3.63, 3.8) is 0 Å². The molecule has 24 heavy (non-hydrogen) atoms. The lowest BCUT2D eigenvalue weighted by molar-refractivity contribution is 0.421. The summed E-state index contributed by atoms with van der Waals surface area (Å²) in [6, 6.07) is 4.36. The van der Waals surface area contributed by atoms with E-state index in [1.165, 1.54) is 17.3 Å². The third-order valence-corrected chi connectivity index (χ3v) is 6.65. The van der Waals surface area contributed by atoms with E-state index in [2.05, 4.69) is 80.4 Å². The van der Waals surface area contributed by atoms with E-state index in [1.807, 2.05) is 16.8 Å². The van der Waals surface area contributed by atoms with E-state index in [0.29, 0.717) is 12.3 Å². The largest absolute Gasteiger partial charge is 0.346 e. The van der Waals surface area contributed by atoms with Gasteiger partial charge in [-0.25, -0.2) is 4.45 Å². The monoisotopic (exact) mass is 453 g/mol. The second-order valence-corrected chi connectivity index (χ2v) is 9.26. The Balaban J connectivity index is 1.59. The number of hydrogen-bond acceptors (Lipinski definition) is 3. The van der Waals surface area contributed by atoms with Crippen LogP contribution < -0.4 is 5.32 Å². The van der Waals surface area contributed by atoms with Crippen LogP contribution in [0.4, 0.5) is 0 Å². The van der Waals surface area contributed by atoms with Gasteiger partial charge >= 0.3 is 0 Å². The maximum Gasteiger partial charge on any atom is 0.0741 e. The number of nitrogens with zero attached hydrogens (tertiary/aromatic N) is 4. The zero-order valence-electron chi connectivity index (χ0n) is 13.8. The molecule has 4 heterocycles. The maximum absolute atomic E-state index is 4.67. The number of fused-ring (bicyclic) bond motifs is 1. The van der Waals surface area contributed by atoms with Gasteiger partial charge < -0.3 is 9.88 Å². The fourth-order valence-corrected chi connectivity index (χ4v) is 4.68. The summed E-state index contributed by atoms with van der Waals surface area (Å²) in [6.07, 6.45) is 9.98. The average Bonchev–Trinajstić information content (AvgIpc) is 3.26. The lowest BCUT2D eigenvalue weighted by Gasteiger charge is -2.17. The number of aromatic nitrogens is 4. The molecule has 1 fully saturated rings. The smallest absolute Gasteiger partial charge is 0.0741 e. The Labute approximate surface area is 156 Å². The molecule has 3 aromatic rings. The number of halogens is 1. The fraction of sp³-hybridized carbons (Fsp3) is 0.412. The van der Waals surface area contributed by atoms with Crippen LogP contribution in [0.25, 0.3) is 22.2 Å². The Hall–Kier alpha value is -0.980. The highest BCUT2D eigenvalue weighted by Gasteiger charge is 2.30. The van der Waals surface area contributed by atoms with Crippen LogP contribution in [0.3, 0.4) is 0 Å². The van der Waals surface area contributed by atoms with Gasteiger partial charge in [-0.05, 0) is 60.4 Å². The topological polar surface area (TPSA) is 47.7 Å². The van der Waals surface area contributed by atoms with Gasteiger partial charge in [-0.3, -0.25) is 4.98 Å². The van der Waals surface area contributed by atoms with Crippen molar-refractivity contribution in [2.24, 2.45) is 5.92 Å². The molecule has 2 atom stereocenters. The summed E-state index contributed by atoms with van der Waals surface area (Å²) in [4.78, 5) is 4.67. The molecule has 0 aromatic carbocycles. The second kappa shape index (κ2) is 6.39. The molecule has 0 amide bonds. The molecule has 4 rings (SSSR count). The van der Waals surface area contributed by atoms with Crippen LogP contribution in [-0.4, -0.2) is 31.2 Å². The first-order valence-electron chi connectivity index (χ1n) is 8.16. The Kier molecular flexibility index (Phi) is 4.39. The van der Waals surface area contributed by atoms with Crippen LogP contribution in [0.1, 0.15) is 20.3 Å². The van der Waals surface area contributed by atoms with Gasteiger partial charge in [0, 0.05) is 42.0 Å². The highest BCUT2D eigenvalue weighted by Crippen LogP contribution is 2.29. The minimum Gasteiger partial charge on any atom is -0.346 e. The minimum atomic E-state index is 0.262. The predicted octanol–water partition coefficient (Wildman–Crippen LogP) is 4.08. The van der Waals surface area contributed by atoms with Gasteiger partial charge in [0.2, 0.25) is 0 Å². The van der Waals surface area contributed by atoms with Gasteiger partial charge in [0.15, 0.2) is 0 Å². The van der Waals surface area contributed by atoms with Crippen LogP contribution in [0.2, 0.25) is 0 Å². The van der Waals surface area contributed by atoms with E-state index in [4.69, 9.17) is 0 Å². The molecule has 126 valence electrons. The molecule has 7 heteroatoms. The number of hydrogen-bond donors (Lipinski definition) is 1. The molecule has 1 saturated heterocycles. The SMILES string of the molecule is CC1(C)CC(Cn2ccc3cc(-c4cnn(PI)c4)ncc32)CN1. The van der Waals surface area contributed by atoms with Gasteiger partial charge in [0.1, 0.15) is 0 Å². The van der Waals surface area contributed by atoms with Gasteiger partial charge in [-0.2, -0.15) is 5.10 Å². The Morgan fingerprint density at radius 2 is 2.29 bits per heavy atom. The van der Waals surface area contributed by atoms with E-state index in [1.54, 1.807) is 0 Å². The van der Waals surface area contributed by atoms with E-state index in [0.717, 1.165) is 24.3 Å². The van der Waals surface area contributed by atoms with Crippen molar-refractivity contribution < 1.29 is 0 Å². The molecule has 5 nitrogen and oxygen atoms in total. The summed E-state index contributed by atoms with van der Waals surface area (Å²) < 4.78 is 4.29. The van der Waals surface area contributed by atoms with Gasteiger partial charge in [-0.1, -0.05) is 0 Å². The van der Waals surface area contributed by atoms with Crippen molar-refractivity contribution in [2.75, 3.05) is 6.54 Å². The first-order chi connectivity index (χ1) is 11.5. The number of pyridine rings is 1. The third-order valence-electron chi connectivity index (χ3n) is 4.75. The molecule has 1 aliphatic heterocycles. The minimum absolute atomic E-state index is 0.262. The third kappa shape index (κ3) is 3.24. The van der Waals surface area contributed by atoms with Gasteiger partial charge in [-0.15, -0.1) is 0 Å². The second-order valence-electron chi connectivity index (χ2n) is 7.19. The van der Waals surface area contributed by atoms with Crippen molar-refractivity contribution in [3.05, 3.63) is 36.9 Å². The summed E-state index contributed by atoms with van der Waals surface area (Å²) in [5.74, 6) is 0.679. The summed E-state index contributed by atoms with van der Waals surface area (Å²) in [6.45, 7) is 6.71. The molecule has 0 bridgehead atoms. The standard InChI is InChI=1S/C17H21IN5P/c1-17(2)6-12(7-20-17)10-22-4-3-13-5-15(19-9-16(13)22)14-8-21-23(11-14)24-18/h3-5,8-9,11-12,20,24H,6-7,10H2,1-2H3. The molecule has 0 spiro atoms. The number of rotatable bonds is 4. The molecule has 1 aliphatic rings. The highest BCUT2D eigenvalue weighted by molar-refractivity contribution is 14.2. The van der Waals surface area contributed by atoms with Crippen molar-refractivity contribution in [3.8, 4) is 11.3 Å². The predicted molar refractivity (Wildman–Crippen MR) is 109 cm³/mol. The van der Waals surface area contributed by atoms with E-state index in [9.17, 15) is 0 Å². The summed E-state index contributed by atoms with van der Waals surface area (Å²) in [7, 11) is 0. The summed E-state index contributed by atoms with van der Waals surface area (Å²) in [5, 5.41) is 9.20. The van der Waals surface area contributed by atoms with E-state index < -0.39 is 0 Å². The molecule has 3 aromatic heterocycles. The van der Waals surface area contributed by atoms with E-state index in [-0.39, 0.29) is 5.54 Å². The first kappa shape index (κ1) is 16.5. The molecule has 0 aliphatic carbocycles. The zero-order chi connectivity index (χ0) is 16.7. The molecule has 0 saturated carbocycles. The Morgan fingerprint density at radius 1 is 1.42 bits per heavy atom. The van der Waals surface area contributed by atoms with E-state index >= 15 is 0 Å². The van der Waals surface area contributed by atoms with Crippen molar-refractivity contribution >= 4 is 39.3 Å². The highest BCUT2D eigenvalue weighted by atomic mass is 127. The molecule has 1 N–H and O–H groups in total. The van der Waals surface area contributed by atoms with Crippen LogP contribution >= 0.6 is 28.4 Å². The normalized spacial score (nSPS) is 20.5. The van der Waals surface area contributed by atoms with Crippen LogP contribution in [0.5, 0.6) is 0 Å². The zero-order valence-corrected chi connectivity index (χ0v) is 17.0. The van der Waals surface area contributed by atoms with Crippen molar-refractivity contribution in [1.82, 2.24) is 24.4 Å². The lowest BCUT2D eigenvalue weighted by atomic mass is 9.97. The molecular formula is C17H21IN5P. The Morgan fingerprint density at radius 3 is 3.00 bits per heavy atom. The first-order valence-corrected chi connectivity index (χ1v) is 12.2.